The zero-order valence-corrected chi connectivity index (χ0v) is 19.8. The molecule has 1 aliphatic heterocycles. The van der Waals surface area contributed by atoms with Crippen LogP contribution in [0.15, 0.2) is 23.2 Å². The van der Waals surface area contributed by atoms with Gasteiger partial charge in [0.2, 0.25) is 0 Å². The number of unbranched alkanes of at least 4 members (excludes halogenated alkanes) is 1. The number of guanidine groups is 1. The lowest BCUT2D eigenvalue weighted by atomic mass is 10.2. The second-order valence-corrected chi connectivity index (χ2v) is 6.61. The molecule has 1 fully saturated rings. The van der Waals surface area contributed by atoms with E-state index < -0.39 is 0 Å². The van der Waals surface area contributed by atoms with Crippen LogP contribution in [0.3, 0.4) is 0 Å². The third kappa shape index (κ3) is 7.90. The molecule has 0 radical (unpaired) electrons. The highest BCUT2D eigenvalue weighted by Crippen LogP contribution is 2.30. The Bertz CT molecular complexity index is 579. The normalized spacial score (nSPS) is 16.5. The van der Waals surface area contributed by atoms with Crippen LogP contribution in [0.4, 0.5) is 5.69 Å². The van der Waals surface area contributed by atoms with Gasteiger partial charge in [-0.3, -0.25) is 4.99 Å². The van der Waals surface area contributed by atoms with Crippen molar-refractivity contribution in [2.24, 2.45) is 4.99 Å². The fraction of sp³-hybridized carbons (Fsp3) is 0.650. The number of hydrogen-bond acceptors (Lipinski definition) is 5. The van der Waals surface area contributed by atoms with E-state index in [9.17, 15) is 0 Å². The smallest absolute Gasteiger partial charge is 0.191 e. The predicted molar refractivity (Wildman–Crippen MR) is 126 cm³/mol. The molecule has 2 rings (SSSR count). The molecule has 1 atom stereocenters. The third-order valence-electron chi connectivity index (χ3n) is 4.64. The summed E-state index contributed by atoms with van der Waals surface area (Å²) in [4.78, 5) is 6.66. The third-order valence-corrected chi connectivity index (χ3v) is 4.64. The first-order valence-corrected chi connectivity index (χ1v) is 9.73. The van der Waals surface area contributed by atoms with Gasteiger partial charge in [-0.05, 0) is 12.8 Å². The molecular weight excluding hydrogens is 471 g/mol. The Morgan fingerprint density at radius 2 is 1.89 bits per heavy atom. The topological polar surface area (TPSA) is 67.4 Å². The van der Waals surface area contributed by atoms with Gasteiger partial charge < -0.3 is 29.7 Å². The Hall–Kier alpha value is -1.42. The van der Waals surface area contributed by atoms with Gasteiger partial charge in [0.25, 0.3) is 0 Å². The molecule has 1 aromatic rings. The van der Waals surface area contributed by atoms with Crippen LogP contribution in [0.2, 0.25) is 0 Å². The number of nitrogens with zero attached hydrogens (tertiary/aromatic N) is 2. The van der Waals surface area contributed by atoms with Gasteiger partial charge >= 0.3 is 0 Å². The number of nitrogens with one attached hydrogen (secondary N) is 2. The molecule has 0 saturated carbocycles. The van der Waals surface area contributed by atoms with Gasteiger partial charge in [-0.1, -0.05) is 13.3 Å². The van der Waals surface area contributed by atoms with Crippen LogP contribution < -0.4 is 25.0 Å². The average molecular weight is 506 g/mol. The quantitative estimate of drug-likeness (QED) is 0.220. The molecule has 1 unspecified atom stereocenters. The number of aliphatic imine (C=N–C) groups is 1. The summed E-state index contributed by atoms with van der Waals surface area (Å²) in [6, 6.07) is 6.33. The van der Waals surface area contributed by atoms with E-state index in [1.807, 2.05) is 18.2 Å². The summed E-state index contributed by atoms with van der Waals surface area (Å²) >= 11 is 0. The van der Waals surface area contributed by atoms with E-state index in [1.165, 1.54) is 0 Å². The van der Waals surface area contributed by atoms with Crippen LogP contribution in [0.1, 0.15) is 26.2 Å². The molecule has 0 spiro atoms. The number of rotatable bonds is 10. The summed E-state index contributed by atoms with van der Waals surface area (Å²) in [7, 11) is 5.15. The van der Waals surface area contributed by atoms with Gasteiger partial charge in [0.05, 0.1) is 20.8 Å². The minimum Gasteiger partial charge on any atom is -0.497 e. The SMILES string of the molecule is CCCCOCCNC(=NC)NC1CCN(c2cc(OC)cc(OC)c2)C1.I. The molecule has 0 aliphatic carbocycles. The first kappa shape index (κ1) is 24.6. The Balaban J connectivity index is 0.00000392. The Labute approximate surface area is 186 Å². The summed E-state index contributed by atoms with van der Waals surface area (Å²) < 4.78 is 16.3. The number of halogens is 1. The van der Waals surface area contributed by atoms with Crippen molar-refractivity contribution in [2.45, 2.75) is 32.2 Å². The Morgan fingerprint density at radius 1 is 1.18 bits per heavy atom. The van der Waals surface area contributed by atoms with Gasteiger partial charge in [0.15, 0.2) is 5.96 Å². The summed E-state index contributed by atoms with van der Waals surface area (Å²) in [5, 5.41) is 6.82. The van der Waals surface area contributed by atoms with Gasteiger partial charge in [-0.2, -0.15) is 0 Å². The van der Waals surface area contributed by atoms with Crippen molar-refractivity contribution < 1.29 is 14.2 Å². The lowest BCUT2D eigenvalue weighted by Crippen LogP contribution is -2.45. The number of methoxy groups -OCH3 is 2. The van der Waals surface area contributed by atoms with Crippen LogP contribution in [-0.4, -0.2) is 66.1 Å². The van der Waals surface area contributed by atoms with Crippen molar-refractivity contribution >= 4 is 35.6 Å². The summed E-state index contributed by atoms with van der Waals surface area (Å²) in [5.74, 6) is 2.44. The fourth-order valence-corrected chi connectivity index (χ4v) is 3.07. The van der Waals surface area contributed by atoms with Crippen molar-refractivity contribution in [1.29, 1.82) is 0 Å². The van der Waals surface area contributed by atoms with E-state index in [2.05, 4.69) is 27.4 Å². The van der Waals surface area contributed by atoms with Crippen LogP contribution in [0.25, 0.3) is 0 Å². The molecule has 1 aromatic carbocycles. The molecule has 0 amide bonds. The van der Waals surface area contributed by atoms with E-state index in [-0.39, 0.29) is 24.0 Å². The highest BCUT2D eigenvalue weighted by molar-refractivity contribution is 14.0. The van der Waals surface area contributed by atoms with E-state index in [1.54, 1.807) is 21.3 Å². The molecule has 0 aromatic heterocycles. The fourth-order valence-electron chi connectivity index (χ4n) is 3.07. The van der Waals surface area contributed by atoms with E-state index in [0.717, 1.165) is 68.6 Å². The molecule has 1 heterocycles. The second kappa shape index (κ2) is 13.7. The van der Waals surface area contributed by atoms with Crippen molar-refractivity contribution in [3.8, 4) is 11.5 Å². The van der Waals surface area contributed by atoms with Crippen molar-refractivity contribution in [3.63, 3.8) is 0 Å². The van der Waals surface area contributed by atoms with Crippen LogP contribution in [0, 0.1) is 0 Å². The molecule has 160 valence electrons. The second-order valence-electron chi connectivity index (χ2n) is 6.61. The van der Waals surface area contributed by atoms with E-state index >= 15 is 0 Å². The Kier molecular flexibility index (Phi) is 12.1. The standard InChI is InChI=1S/C20H34N4O3.HI/c1-5-6-10-27-11-8-22-20(21-2)23-16-7-9-24(15-16)17-12-18(25-3)14-19(13-17)26-4;/h12-14,16H,5-11,15H2,1-4H3,(H2,21,22,23);1H. The molecule has 0 bridgehead atoms. The Morgan fingerprint density at radius 3 is 2.50 bits per heavy atom. The molecule has 1 aliphatic rings. The van der Waals surface area contributed by atoms with Crippen LogP contribution in [0.5, 0.6) is 11.5 Å². The maximum atomic E-state index is 5.58. The lowest BCUT2D eigenvalue weighted by molar-refractivity contribution is 0.136. The maximum Gasteiger partial charge on any atom is 0.191 e. The largest absolute Gasteiger partial charge is 0.497 e. The van der Waals surface area contributed by atoms with Crippen LogP contribution >= 0.6 is 24.0 Å². The first-order chi connectivity index (χ1) is 13.2. The van der Waals surface area contributed by atoms with Crippen molar-refractivity contribution in [2.75, 3.05) is 59.0 Å². The monoisotopic (exact) mass is 506 g/mol. The lowest BCUT2D eigenvalue weighted by Gasteiger charge is -2.21. The molecule has 2 N–H and O–H groups in total. The number of anilines is 1. The van der Waals surface area contributed by atoms with Gasteiger partial charge in [-0.25, -0.2) is 0 Å². The first-order valence-electron chi connectivity index (χ1n) is 9.73. The average Bonchev–Trinajstić information content (AvgIpc) is 3.17. The highest BCUT2D eigenvalue weighted by Gasteiger charge is 2.24. The van der Waals surface area contributed by atoms with Crippen molar-refractivity contribution in [1.82, 2.24) is 10.6 Å². The van der Waals surface area contributed by atoms with Crippen LogP contribution in [-0.2, 0) is 4.74 Å². The molecular formula is C20H35IN4O3. The zero-order valence-electron chi connectivity index (χ0n) is 17.5. The minimum absolute atomic E-state index is 0. The van der Waals surface area contributed by atoms with Gasteiger partial charge in [-0.15, -0.1) is 24.0 Å². The summed E-state index contributed by atoms with van der Waals surface area (Å²) in [6.07, 6.45) is 3.32. The maximum absolute atomic E-state index is 5.58. The predicted octanol–water partition coefficient (Wildman–Crippen LogP) is 2.88. The molecule has 28 heavy (non-hydrogen) atoms. The number of benzene rings is 1. The van der Waals surface area contributed by atoms with Crippen molar-refractivity contribution in [3.05, 3.63) is 18.2 Å². The summed E-state index contributed by atoms with van der Waals surface area (Å²) in [6.45, 7) is 6.33. The molecule has 1 saturated heterocycles. The molecule has 8 heteroatoms. The summed E-state index contributed by atoms with van der Waals surface area (Å²) in [5.41, 5.74) is 1.11. The zero-order chi connectivity index (χ0) is 19.5. The number of hydrogen-bond donors (Lipinski definition) is 2. The van der Waals surface area contributed by atoms with E-state index in [0.29, 0.717) is 12.6 Å². The van der Waals surface area contributed by atoms with E-state index in [4.69, 9.17) is 14.2 Å². The van der Waals surface area contributed by atoms with Gasteiger partial charge in [0.1, 0.15) is 11.5 Å². The number of ether oxygens (including phenoxy) is 3. The molecule has 7 nitrogen and oxygen atoms in total. The van der Waals surface area contributed by atoms with Gasteiger partial charge in [0, 0.05) is 63.2 Å². The highest BCUT2D eigenvalue weighted by atomic mass is 127. The minimum atomic E-state index is 0.